The van der Waals surface area contributed by atoms with E-state index in [0.717, 1.165) is 10.9 Å². The van der Waals surface area contributed by atoms with Crippen LogP contribution in [0.2, 0.25) is 0 Å². The number of sulfonamides is 1. The van der Waals surface area contributed by atoms with Crippen molar-refractivity contribution < 1.29 is 32.0 Å². The topological polar surface area (TPSA) is 149 Å². The highest BCUT2D eigenvalue weighted by molar-refractivity contribution is 7.89. The Balaban J connectivity index is 1.50. The summed E-state index contributed by atoms with van der Waals surface area (Å²) in [6.45, 7) is 2.82. The van der Waals surface area contributed by atoms with E-state index >= 15 is 0 Å². The summed E-state index contributed by atoms with van der Waals surface area (Å²) in [5, 5.41) is 1.41. The van der Waals surface area contributed by atoms with Crippen LogP contribution in [0.25, 0.3) is 21.9 Å². The zero-order chi connectivity index (χ0) is 28.9. The molecule has 1 aromatic heterocycles. The van der Waals surface area contributed by atoms with E-state index in [9.17, 15) is 22.8 Å². The molecule has 0 spiro atoms. The second kappa shape index (κ2) is 12.3. The molecule has 0 saturated carbocycles. The number of hydrogen-bond acceptors (Lipinski definition) is 7. The predicted molar refractivity (Wildman–Crippen MR) is 150 cm³/mol. The Kier molecular flexibility index (Phi) is 8.86. The van der Waals surface area contributed by atoms with Crippen molar-refractivity contribution in [2.75, 3.05) is 13.1 Å². The molecule has 0 fully saturated rings. The van der Waals surface area contributed by atoms with Gasteiger partial charge in [0.15, 0.2) is 11.9 Å². The molecule has 0 aliphatic heterocycles. The largest absolute Gasteiger partial charge is 0.456 e. The van der Waals surface area contributed by atoms with Crippen molar-refractivity contribution in [3.05, 3.63) is 78.4 Å². The van der Waals surface area contributed by atoms with Crippen molar-refractivity contribution in [2.24, 2.45) is 11.7 Å². The van der Waals surface area contributed by atoms with Crippen molar-refractivity contribution in [3.8, 4) is 0 Å². The van der Waals surface area contributed by atoms with Crippen LogP contribution in [0.5, 0.6) is 0 Å². The Bertz CT molecular complexity index is 1630. The molecule has 1 atom stereocenters. The van der Waals surface area contributed by atoms with E-state index in [-0.39, 0.29) is 23.8 Å². The highest BCUT2D eigenvalue weighted by Crippen LogP contribution is 2.30. The average Bonchev–Trinajstić information content (AvgIpc) is 3.29. The molecule has 3 aromatic carbocycles. The molecule has 3 N–H and O–H groups in total. The third-order valence-corrected chi connectivity index (χ3v) is 7.63. The number of Topliss-reactive ketones (excluding diaryl/α,β-unsaturated/α-hetero) is 1. The monoisotopic (exact) mass is 565 g/mol. The van der Waals surface area contributed by atoms with Gasteiger partial charge in [-0.2, -0.15) is 0 Å². The second-order valence-corrected chi connectivity index (χ2v) is 11.6. The summed E-state index contributed by atoms with van der Waals surface area (Å²) in [5.74, 6) is -1.14. The third-order valence-electron chi connectivity index (χ3n) is 6.23. The lowest BCUT2D eigenvalue weighted by Gasteiger charge is -2.27. The molecule has 0 radical (unpaired) electrons. The number of amides is 2. The zero-order valence-electron chi connectivity index (χ0n) is 22.2. The molecule has 0 saturated heterocycles. The van der Waals surface area contributed by atoms with Gasteiger partial charge in [0.1, 0.15) is 11.2 Å². The van der Waals surface area contributed by atoms with Gasteiger partial charge in [-0.05, 0) is 42.2 Å². The first-order chi connectivity index (χ1) is 19.0. The molecule has 10 nitrogen and oxygen atoms in total. The minimum atomic E-state index is -4.06. The molecule has 1 heterocycles. The molecule has 11 heteroatoms. The number of hydrogen-bond donors (Lipinski definition) is 2. The number of fused-ring (bicyclic) bond motifs is 3. The van der Waals surface area contributed by atoms with Crippen molar-refractivity contribution in [3.63, 3.8) is 0 Å². The van der Waals surface area contributed by atoms with Crippen molar-refractivity contribution in [1.82, 2.24) is 9.62 Å². The van der Waals surface area contributed by atoms with Gasteiger partial charge < -0.3 is 19.8 Å². The summed E-state index contributed by atoms with van der Waals surface area (Å²) in [6.07, 6.45) is -2.07. The van der Waals surface area contributed by atoms with E-state index in [1.54, 1.807) is 36.4 Å². The van der Waals surface area contributed by atoms with Crippen LogP contribution in [-0.2, 0) is 30.9 Å². The maximum atomic E-state index is 13.4. The Morgan fingerprint density at radius 1 is 0.950 bits per heavy atom. The zero-order valence-corrected chi connectivity index (χ0v) is 23.0. The number of furan rings is 1. The summed E-state index contributed by atoms with van der Waals surface area (Å²) in [4.78, 5) is 39.0. The van der Waals surface area contributed by atoms with Crippen LogP contribution < -0.4 is 10.5 Å². The number of carbonyl (C=O) groups is 3. The summed E-state index contributed by atoms with van der Waals surface area (Å²) in [6, 6.07) is 20.7. The van der Waals surface area contributed by atoms with Crippen LogP contribution >= 0.6 is 0 Å². The lowest BCUT2D eigenvalue weighted by molar-refractivity contribution is -0.144. The predicted octanol–water partition coefficient (Wildman–Crippen LogP) is 3.97. The van der Waals surface area contributed by atoms with Gasteiger partial charge in [-0.25, -0.2) is 17.9 Å². The summed E-state index contributed by atoms with van der Waals surface area (Å²) < 4.78 is 39.3. The quantitative estimate of drug-likeness (QED) is 0.264. The van der Waals surface area contributed by atoms with Gasteiger partial charge in [-0.3, -0.25) is 9.59 Å². The first-order valence-electron chi connectivity index (χ1n) is 12.7. The number of primary amides is 1. The van der Waals surface area contributed by atoms with Gasteiger partial charge in [0.25, 0.3) is 5.91 Å². The molecule has 210 valence electrons. The van der Waals surface area contributed by atoms with Gasteiger partial charge in [0, 0.05) is 17.3 Å². The summed E-state index contributed by atoms with van der Waals surface area (Å²) >= 11 is 0. The molecular weight excluding hydrogens is 534 g/mol. The minimum absolute atomic E-state index is 0.000859. The van der Waals surface area contributed by atoms with E-state index in [1.165, 1.54) is 17.0 Å². The van der Waals surface area contributed by atoms with E-state index in [2.05, 4.69) is 4.72 Å². The standard InChI is InChI=1S/C29H31N3O7S/c1-19(2)14-27(39-29(30)35)28(34)32(17-20-8-4-3-5-9-20)18-21(33)16-31-40(36,37)22-12-13-26-24(15-22)23-10-6-7-11-25(23)38-26/h3-13,15,19,27,31H,14,16-18H2,1-2H3,(H2,30,35). The number of nitrogens with two attached hydrogens (primary N) is 1. The van der Waals surface area contributed by atoms with Crippen molar-refractivity contribution >= 4 is 49.7 Å². The number of nitrogens with zero attached hydrogens (tertiary/aromatic N) is 1. The second-order valence-electron chi connectivity index (χ2n) is 9.85. The highest BCUT2D eigenvalue weighted by Gasteiger charge is 2.30. The van der Waals surface area contributed by atoms with Crippen LogP contribution in [0.4, 0.5) is 4.79 Å². The SMILES string of the molecule is CC(C)CC(OC(N)=O)C(=O)N(CC(=O)CNS(=O)(=O)c1ccc2oc3ccccc3c2c1)Cc1ccccc1. The van der Waals surface area contributed by atoms with Crippen molar-refractivity contribution in [1.29, 1.82) is 0 Å². The van der Waals surface area contributed by atoms with Crippen LogP contribution in [0.1, 0.15) is 25.8 Å². The third kappa shape index (κ3) is 7.04. The van der Waals surface area contributed by atoms with Gasteiger partial charge in [0.2, 0.25) is 10.0 Å². The molecule has 0 bridgehead atoms. The van der Waals surface area contributed by atoms with Gasteiger partial charge >= 0.3 is 6.09 Å². The number of ether oxygens (including phenoxy) is 1. The number of rotatable bonds is 12. The summed E-state index contributed by atoms with van der Waals surface area (Å²) in [5.41, 5.74) is 7.11. The maximum Gasteiger partial charge on any atom is 0.405 e. The number of ketones is 1. The van der Waals surface area contributed by atoms with Gasteiger partial charge in [0.05, 0.1) is 18.0 Å². The molecule has 0 aliphatic carbocycles. The Morgan fingerprint density at radius 3 is 2.33 bits per heavy atom. The molecule has 2 amide bonds. The molecule has 1 unspecified atom stereocenters. The molecule has 4 rings (SSSR count). The molecule has 4 aromatic rings. The first kappa shape index (κ1) is 28.8. The fraction of sp³-hybridized carbons (Fsp3) is 0.276. The van der Waals surface area contributed by atoms with Gasteiger partial charge in [-0.15, -0.1) is 0 Å². The number of nitrogens with one attached hydrogen (secondary N) is 1. The molecule has 40 heavy (non-hydrogen) atoms. The van der Waals surface area contributed by atoms with Crippen LogP contribution in [-0.4, -0.2) is 50.3 Å². The fourth-order valence-electron chi connectivity index (χ4n) is 4.39. The van der Waals surface area contributed by atoms with Crippen LogP contribution in [0.15, 0.2) is 82.1 Å². The Hall–Kier alpha value is -4.22. The Labute approximate surface area is 232 Å². The molecular formula is C29H31N3O7S. The first-order valence-corrected chi connectivity index (χ1v) is 14.2. The van der Waals surface area contributed by atoms with E-state index < -0.39 is 47.0 Å². The number of carbonyl (C=O) groups excluding carboxylic acids is 3. The van der Waals surface area contributed by atoms with E-state index in [4.69, 9.17) is 14.9 Å². The normalized spacial score (nSPS) is 12.5. The number of benzene rings is 3. The smallest absolute Gasteiger partial charge is 0.405 e. The van der Waals surface area contributed by atoms with E-state index in [1.807, 2.05) is 38.1 Å². The highest BCUT2D eigenvalue weighted by atomic mass is 32.2. The van der Waals surface area contributed by atoms with Crippen molar-refractivity contribution in [2.45, 2.75) is 37.8 Å². The number of para-hydroxylation sites is 1. The Morgan fingerprint density at radius 2 is 1.62 bits per heavy atom. The molecule has 0 aliphatic rings. The van der Waals surface area contributed by atoms with Gasteiger partial charge in [-0.1, -0.05) is 62.4 Å². The lowest BCUT2D eigenvalue weighted by Crippen LogP contribution is -2.46. The van der Waals surface area contributed by atoms with E-state index in [0.29, 0.717) is 16.6 Å². The maximum absolute atomic E-state index is 13.4. The summed E-state index contributed by atoms with van der Waals surface area (Å²) in [7, 11) is -4.06. The van der Waals surface area contributed by atoms with Crippen LogP contribution in [0, 0.1) is 5.92 Å². The van der Waals surface area contributed by atoms with Crippen LogP contribution in [0.3, 0.4) is 0 Å². The average molecular weight is 566 g/mol. The minimum Gasteiger partial charge on any atom is -0.456 e. The lowest BCUT2D eigenvalue weighted by atomic mass is 10.0. The fourth-order valence-corrected chi connectivity index (χ4v) is 5.42.